The van der Waals surface area contributed by atoms with Crippen LogP contribution in [-0.2, 0) is 4.52 Å². The molecule has 1 heterocycles. The second-order valence-corrected chi connectivity index (χ2v) is 12.2. The fourth-order valence-electron chi connectivity index (χ4n) is 4.55. The first-order valence-corrected chi connectivity index (χ1v) is 14.5. The van der Waals surface area contributed by atoms with Crippen molar-refractivity contribution in [1.29, 1.82) is 0 Å². The Bertz CT molecular complexity index is 975. The molecule has 1 aliphatic heterocycles. The van der Waals surface area contributed by atoms with E-state index in [0.717, 1.165) is 37.8 Å². The Morgan fingerprint density at radius 2 is 1.38 bits per heavy atom. The molecule has 3 aromatic rings. The second-order valence-electron chi connectivity index (χ2n) is 8.42. The summed E-state index contributed by atoms with van der Waals surface area (Å²) >= 11 is 5.49. The molecule has 0 atom stereocenters. The standard InChI is InChI=1S/C27H35N4OPS/c1-2-3-23-33(32-22-19-28-27(34)29-24-13-7-4-8-14-24)30(25-15-9-5-10-16-25)20-21-31(33)26-17-11-6-12-18-26/h4-18,33H,2-3,19-23H2,1H3,(H2,28,29,34). The predicted molar refractivity (Wildman–Crippen MR) is 152 cm³/mol. The number of unbranched alkanes of at least 4 members (excludes halogenated alkanes) is 1. The van der Waals surface area contributed by atoms with Gasteiger partial charge in [-0.1, -0.05) is 0 Å². The van der Waals surface area contributed by atoms with Crippen LogP contribution in [0.15, 0.2) is 91.0 Å². The first kappa shape index (κ1) is 24.5. The van der Waals surface area contributed by atoms with Crippen LogP contribution in [0.1, 0.15) is 19.8 Å². The fourth-order valence-corrected chi connectivity index (χ4v) is 9.31. The van der Waals surface area contributed by atoms with Crippen LogP contribution in [0.2, 0.25) is 0 Å². The number of hydrogen-bond donors (Lipinski definition) is 2. The van der Waals surface area contributed by atoms with E-state index in [0.29, 0.717) is 18.3 Å². The van der Waals surface area contributed by atoms with Crippen LogP contribution >= 0.6 is 20.0 Å². The minimum atomic E-state index is -2.48. The van der Waals surface area contributed by atoms with E-state index in [9.17, 15) is 0 Å². The Morgan fingerprint density at radius 3 is 1.91 bits per heavy atom. The van der Waals surface area contributed by atoms with Gasteiger partial charge in [0.1, 0.15) is 0 Å². The summed E-state index contributed by atoms with van der Waals surface area (Å²) in [7, 11) is -2.48. The van der Waals surface area contributed by atoms with Crippen molar-refractivity contribution in [2.24, 2.45) is 0 Å². The summed E-state index contributed by atoms with van der Waals surface area (Å²) in [5.41, 5.74) is 3.48. The molecule has 0 radical (unpaired) electrons. The fraction of sp³-hybridized carbons (Fsp3) is 0.296. The van der Waals surface area contributed by atoms with E-state index in [1.807, 2.05) is 30.3 Å². The molecule has 0 unspecified atom stereocenters. The average molecular weight is 495 g/mol. The zero-order valence-electron chi connectivity index (χ0n) is 19.8. The van der Waals surface area contributed by atoms with E-state index in [1.54, 1.807) is 0 Å². The summed E-state index contributed by atoms with van der Waals surface area (Å²) in [6.07, 6.45) is 3.34. The Kier molecular flexibility index (Phi) is 8.75. The van der Waals surface area contributed by atoms with Crippen molar-refractivity contribution in [2.45, 2.75) is 19.8 Å². The minimum absolute atomic E-state index is 0.596. The molecule has 1 aliphatic rings. The number of thiocarbonyl (C=S) groups is 1. The molecule has 2 N–H and O–H groups in total. The molecular weight excluding hydrogens is 459 g/mol. The molecule has 7 heteroatoms. The number of anilines is 3. The third-order valence-corrected chi connectivity index (χ3v) is 10.7. The van der Waals surface area contributed by atoms with Crippen molar-refractivity contribution in [2.75, 3.05) is 47.1 Å². The van der Waals surface area contributed by atoms with E-state index in [2.05, 4.69) is 87.6 Å². The first-order valence-electron chi connectivity index (χ1n) is 12.1. The molecule has 0 amide bonds. The van der Waals surface area contributed by atoms with Gasteiger partial charge in [-0.2, -0.15) is 0 Å². The van der Waals surface area contributed by atoms with Gasteiger partial charge in [0.25, 0.3) is 0 Å². The molecule has 0 bridgehead atoms. The van der Waals surface area contributed by atoms with Crippen molar-refractivity contribution in [3.05, 3.63) is 91.0 Å². The second kappa shape index (κ2) is 12.2. The van der Waals surface area contributed by atoms with Gasteiger partial charge in [-0.05, 0) is 0 Å². The Hall–Kier alpha value is -2.66. The van der Waals surface area contributed by atoms with Gasteiger partial charge in [0.05, 0.1) is 0 Å². The Morgan fingerprint density at radius 1 is 0.853 bits per heavy atom. The van der Waals surface area contributed by atoms with E-state index < -0.39 is 7.79 Å². The van der Waals surface area contributed by atoms with Gasteiger partial charge in [0.15, 0.2) is 0 Å². The number of nitrogens with one attached hydrogen (secondary N) is 2. The van der Waals surface area contributed by atoms with Gasteiger partial charge in [0.2, 0.25) is 0 Å². The van der Waals surface area contributed by atoms with Gasteiger partial charge in [0, 0.05) is 0 Å². The Balaban J connectivity index is 1.51. The molecule has 5 nitrogen and oxygen atoms in total. The molecule has 0 aliphatic carbocycles. The Labute approximate surface area is 209 Å². The number of nitrogens with zero attached hydrogens (tertiary/aromatic N) is 2. The molecule has 1 fully saturated rings. The summed E-state index contributed by atoms with van der Waals surface area (Å²) in [5.74, 6) is 0. The third-order valence-electron chi connectivity index (χ3n) is 6.13. The zero-order chi connectivity index (χ0) is 23.6. The normalized spacial score (nSPS) is 15.7. The number of hydrogen-bond acceptors (Lipinski definition) is 4. The molecule has 0 aromatic heterocycles. The third kappa shape index (κ3) is 5.87. The van der Waals surface area contributed by atoms with Gasteiger partial charge < -0.3 is 0 Å². The van der Waals surface area contributed by atoms with Crippen molar-refractivity contribution < 1.29 is 4.52 Å². The van der Waals surface area contributed by atoms with Crippen molar-refractivity contribution in [3.63, 3.8) is 0 Å². The van der Waals surface area contributed by atoms with Gasteiger partial charge in [-0.25, -0.2) is 0 Å². The van der Waals surface area contributed by atoms with Crippen LogP contribution in [0.25, 0.3) is 0 Å². The van der Waals surface area contributed by atoms with E-state index in [4.69, 9.17) is 16.7 Å². The van der Waals surface area contributed by atoms with Crippen LogP contribution in [0.5, 0.6) is 0 Å². The average Bonchev–Trinajstić information content (AvgIpc) is 3.26. The van der Waals surface area contributed by atoms with Crippen LogP contribution in [0.3, 0.4) is 0 Å². The maximum atomic E-state index is 6.97. The van der Waals surface area contributed by atoms with Crippen LogP contribution in [-0.4, -0.2) is 37.5 Å². The van der Waals surface area contributed by atoms with Crippen LogP contribution in [0.4, 0.5) is 17.1 Å². The van der Waals surface area contributed by atoms with Crippen molar-refractivity contribution >= 4 is 42.2 Å². The summed E-state index contributed by atoms with van der Waals surface area (Å²) in [4.78, 5) is 0. The first-order chi connectivity index (χ1) is 16.7. The number of rotatable bonds is 10. The summed E-state index contributed by atoms with van der Waals surface area (Å²) in [5, 5.41) is 7.17. The molecule has 1 saturated heterocycles. The number of para-hydroxylation sites is 3. The summed E-state index contributed by atoms with van der Waals surface area (Å²) in [6, 6.07) is 31.5. The van der Waals surface area contributed by atoms with Gasteiger partial charge in [-0.3, -0.25) is 0 Å². The van der Waals surface area contributed by atoms with Gasteiger partial charge in [-0.15, -0.1) is 0 Å². The molecule has 34 heavy (non-hydrogen) atoms. The topological polar surface area (TPSA) is 39.8 Å². The molecule has 0 saturated carbocycles. The molecule has 180 valence electrons. The van der Waals surface area contributed by atoms with E-state index in [1.165, 1.54) is 11.4 Å². The van der Waals surface area contributed by atoms with Crippen molar-refractivity contribution in [1.82, 2.24) is 5.32 Å². The predicted octanol–water partition coefficient (Wildman–Crippen LogP) is 6.31. The molecule has 3 aromatic carbocycles. The zero-order valence-corrected chi connectivity index (χ0v) is 21.6. The molecule has 0 spiro atoms. The van der Waals surface area contributed by atoms with Crippen LogP contribution < -0.4 is 20.0 Å². The SMILES string of the molecule is CCCC[PH]1(OCCNC(=S)Nc2ccccc2)N(c2ccccc2)CCN1c1ccccc1. The molecular formula is C27H35N4OPS. The van der Waals surface area contributed by atoms with Crippen molar-refractivity contribution in [3.8, 4) is 0 Å². The quantitative estimate of drug-likeness (QED) is 0.196. The van der Waals surface area contributed by atoms with Crippen LogP contribution in [0, 0.1) is 0 Å². The summed E-state index contributed by atoms with van der Waals surface area (Å²) in [6.45, 7) is 5.45. The van der Waals surface area contributed by atoms with E-state index >= 15 is 0 Å². The monoisotopic (exact) mass is 494 g/mol. The van der Waals surface area contributed by atoms with E-state index in [-0.39, 0.29) is 0 Å². The molecule has 4 rings (SSSR count). The maximum absolute atomic E-state index is 6.97. The summed E-state index contributed by atoms with van der Waals surface area (Å²) < 4.78 is 12.1. The van der Waals surface area contributed by atoms with Gasteiger partial charge >= 0.3 is 210 Å². The number of benzene rings is 3.